The van der Waals surface area contributed by atoms with E-state index in [1.165, 1.54) is 5.56 Å². The molecular weight excluding hydrogens is 265 g/mol. The van der Waals surface area contributed by atoms with Crippen LogP contribution in [0.15, 0.2) is 18.2 Å². The largest absolute Gasteiger partial charge is 0.314 e. The van der Waals surface area contributed by atoms with Crippen molar-refractivity contribution in [1.82, 2.24) is 5.32 Å². The zero-order chi connectivity index (χ0) is 13.3. The summed E-state index contributed by atoms with van der Waals surface area (Å²) in [7, 11) is 0. The summed E-state index contributed by atoms with van der Waals surface area (Å²) in [4.78, 5) is 0. The summed E-state index contributed by atoms with van der Waals surface area (Å²) in [5, 5.41) is 5.21. The van der Waals surface area contributed by atoms with Crippen molar-refractivity contribution < 1.29 is 0 Å². The van der Waals surface area contributed by atoms with Crippen molar-refractivity contribution in [3.8, 4) is 0 Å². The zero-order valence-electron chi connectivity index (χ0n) is 11.3. The van der Waals surface area contributed by atoms with E-state index < -0.39 is 0 Å². The van der Waals surface area contributed by atoms with E-state index in [0.717, 1.165) is 29.4 Å². The van der Waals surface area contributed by atoms with E-state index in [-0.39, 0.29) is 5.41 Å². The van der Waals surface area contributed by atoms with Crippen molar-refractivity contribution in [3.63, 3.8) is 0 Å². The van der Waals surface area contributed by atoms with Gasteiger partial charge in [-0.15, -0.1) is 0 Å². The van der Waals surface area contributed by atoms with Gasteiger partial charge in [0.15, 0.2) is 0 Å². The van der Waals surface area contributed by atoms with Gasteiger partial charge in [0, 0.05) is 16.1 Å². The van der Waals surface area contributed by atoms with E-state index in [2.05, 4.69) is 26.1 Å². The normalized spacial score (nSPS) is 31.2. The van der Waals surface area contributed by atoms with Crippen molar-refractivity contribution in [3.05, 3.63) is 33.8 Å². The van der Waals surface area contributed by atoms with Crippen LogP contribution in [-0.4, -0.2) is 12.6 Å². The summed E-state index contributed by atoms with van der Waals surface area (Å²) in [6.07, 6.45) is 2.30. The standard InChI is InChI=1S/C15H21Cl2N/c1-4-15(3)12(9-14(15)18-5-2)11-8-10(16)6-7-13(11)17/h6-8,12,14,18H,4-5,9H2,1-3H3. The molecule has 1 aromatic carbocycles. The van der Waals surface area contributed by atoms with Gasteiger partial charge in [0.2, 0.25) is 0 Å². The highest BCUT2D eigenvalue weighted by Crippen LogP contribution is 2.56. The molecule has 100 valence electrons. The van der Waals surface area contributed by atoms with Gasteiger partial charge in [0.05, 0.1) is 0 Å². The fraction of sp³-hybridized carbons (Fsp3) is 0.600. The molecule has 0 amide bonds. The van der Waals surface area contributed by atoms with Gasteiger partial charge >= 0.3 is 0 Å². The van der Waals surface area contributed by atoms with Gasteiger partial charge in [0.25, 0.3) is 0 Å². The molecule has 0 aliphatic heterocycles. The Morgan fingerprint density at radius 1 is 1.33 bits per heavy atom. The van der Waals surface area contributed by atoms with Crippen LogP contribution in [0.5, 0.6) is 0 Å². The molecule has 3 unspecified atom stereocenters. The lowest BCUT2D eigenvalue weighted by Gasteiger charge is -2.55. The molecule has 1 aliphatic carbocycles. The van der Waals surface area contributed by atoms with Crippen LogP contribution in [0.4, 0.5) is 0 Å². The number of halogens is 2. The van der Waals surface area contributed by atoms with Gasteiger partial charge in [-0.1, -0.05) is 44.0 Å². The van der Waals surface area contributed by atoms with E-state index in [4.69, 9.17) is 23.2 Å². The summed E-state index contributed by atoms with van der Waals surface area (Å²) in [5.74, 6) is 0.512. The number of rotatable bonds is 4. The molecule has 1 saturated carbocycles. The average Bonchev–Trinajstić information content (AvgIpc) is 2.36. The lowest BCUT2D eigenvalue weighted by atomic mass is 9.54. The van der Waals surface area contributed by atoms with Crippen LogP contribution in [0, 0.1) is 5.41 Å². The van der Waals surface area contributed by atoms with Gasteiger partial charge in [-0.05, 0) is 54.5 Å². The first-order chi connectivity index (χ1) is 8.52. The van der Waals surface area contributed by atoms with Gasteiger partial charge in [-0.3, -0.25) is 0 Å². The van der Waals surface area contributed by atoms with Gasteiger partial charge < -0.3 is 5.32 Å². The second kappa shape index (κ2) is 5.40. The predicted octanol–water partition coefficient (Wildman–Crippen LogP) is 4.88. The van der Waals surface area contributed by atoms with Crippen LogP contribution in [0.25, 0.3) is 0 Å². The molecule has 0 aromatic heterocycles. The Morgan fingerprint density at radius 3 is 2.67 bits per heavy atom. The van der Waals surface area contributed by atoms with Crippen LogP contribution < -0.4 is 5.32 Å². The second-order valence-electron chi connectivity index (χ2n) is 5.42. The molecule has 1 nitrogen and oxygen atoms in total. The van der Waals surface area contributed by atoms with Crippen molar-refractivity contribution in [2.24, 2.45) is 5.41 Å². The summed E-state index contributed by atoms with van der Waals surface area (Å²) in [6, 6.07) is 6.39. The molecule has 0 radical (unpaired) electrons. The zero-order valence-corrected chi connectivity index (χ0v) is 12.8. The number of hydrogen-bond acceptors (Lipinski definition) is 1. The quantitative estimate of drug-likeness (QED) is 0.832. The third kappa shape index (κ3) is 2.29. The van der Waals surface area contributed by atoms with Crippen molar-refractivity contribution in [2.45, 2.75) is 45.6 Å². The minimum atomic E-state index is 0.282. The van der Waals surface area contributed by atoms with Crippen molar-refractivity contribution in [1.29, 1.82) is 0 Å². The molecule has 0 saturated heterocycles. The topological polar surface area (TPSA) is 12.0 Å². The summed E-state index contributed by atoms with van der Waals surface area (Å²) < 4.78 is 0. The first-order valence-electron chi connectivity index (χ1n) is 6.71. The molecule has 1 N–H and O–H groups in total. The highest BCUT2D eigenvalue weighted by atomic mass is 35.5. The Kier molecular flexibility index (Phi) is 4.25. The molecule has 1 fully saturated rings. The number of nitrogens with one attached hydrogen (secondary N) is 1. The molecule has 1 aromatic rings. The van der Waals surface area contributed by atoms with Gasteiger partial charge in [-0.25, -0.2) is 0 Å². The molecule has 3 atom stereocenters. The fourth-order valence-electron chi connectivity index (χ4n) is 3.18. The Hall–Kier alpha value is -0.240. The Balaban J connectivity index is 2.27. The monoisotopic (exact) mass is 285 g/mol. The molecular formula is C15H21Cl2N. The maximum Gasteiger partial charge on any atom is 0.0442 e. The predicted molar refractivity (Wildman–Crippen MR) is 79.7 cm³/mol. The smallest absolute Gasteiger partial charge is 0.0442 e. The van der Waals surface area contributed by atoms with E-state index in [0.29, 0.717) is 12.0 Å². The molecule has 0 spiro atoms. The third-order valence-electron chi connectivity index (χ3n) is 4.61. The fourth-order valence-corrected chi connectivity index (χ4v) is 3.61. The lowest BCUT2D eigenvalue weighted by Crippen LogP contribution is -2.56. The maximum atomic E-state index is 6.33. The van der Waals surface area contributed by atoms with Crippen LogP contribution in [0.3, 0.4) is 0 Å². The molecule has 18 heavy (non-hydrogen) atoms. The Morgan fingerprint density at radius 2 is 2.06 bits per heavy atom. The lowest BCUT2D eigenvalue weighted by molar-refractivity contribution is 0.0456. The highest BCUT2D eigenvalue weighted by Gasteiger charge is 2.50. The molecule has 0 heterocycles. The first kappa shape index (κ1) is 14.2. The second-order valence-corrected chi connectivity index (χ2v) is 6.27. The van der Waals surface area contributed by atoms with E-state index in [9.17, 15) is 0 Å². The van der Waals surface area contributed by atoms with Crippen molar-refractivity contribution in [2.75, 3.05) is 6.54 Å². The Labute approximate surface area is 120 Å². The summed E-state index contributed by atoms with van der Waals surface area (Å²) in [5.41, 5.74) is 1.49. The first-order valence-corrected chi connectivity index (χ1v) is 7.46. The minimum Gasteiger partial charge on any atom is -0.314 e. The van der Waals surface area contributed by atoms with E-state index in [1.807, 2.05) is 18.2 Å². The third-order valence-corrected chi connectivity index (χ3v) is 5.19. The number of hydrogen-bond donors (Lipinski definition) is 1. The van der Waals surface area contributed by atoms with Crippen LogP contribution in [0.1, 0.15) is 45.1 Å². The van der Waals surface area contributed by atoms with Gasteiger partial charge in [-0.2, -0.15) is 0 Å². The highest BCUT2D eigenvalue weighted by molar-refractivity contribution is 6.33. The van der Waals surface area contributed by atoms with E-state index in [1.54, 1.807) is 0 Å². The molecule has 0 bridgehead atoms. The van der Waals surface area contributed by atoms with E-state index >= 15 is 0 Å². The molecule has 2 rings (SSSR count). The van der Waals surface area contributed by atoms with Crippen LogP contribution >= 0.6 is 23.2 Å². The summed E-state index contributed by atoms with van der Waals surface area (Å²) in [6.45, 7) is 7.80. The Bertz CT molecular complexity index is 433. The maximum absolute atomic E-state index is 6.33. The SMILES string of the molecule is CCNC1CC(c2cc(Cl)ccc2Cl)C1(C)CC. The van der Waals surface area contributed by atoms with Crippen molar-refractivity contribution >= 4 is 23.2 Å². The van der Waals surface area contributed by atoms with Crippen LogP contribution in [-0.2, 0) is 0 Å². The molecule has 3 heteroatoms. The summed E-state index contributed by atoms with van der Waals surface area (Å²) >= 11 is 12.4. The van der Waals surface area contributed by atoms with Crippen LogP contribution in [0.2, 0.25) is 10.0 Å². The average molecular weight is 286 g/mol. The minimum absolute atomic E-state index is 0.282. The molecule has 1 aliphatic rings. The number of benzene rings is 1. The van der Waals surface area contributed by atoms with Gasteiger partial charge in [0.1, 0.15) is 0 Å².